The third kappa shape index (κ3) is 10.1. The maximum absolute atomic E-state index is 6.31. The molecule has 8 heteroatoms. The van der Waals surface area contributed by atoms with Crippen LogP contribution in [-0.2, 0) is 23.1 Å². The number of rotatable bonds is 20. The molecule has 0 N–H and O–H groups in total. The van der Waals surface area contributed by atoms with Crippen molar-refractivity contribution in [2.24, 2.45) is 0 Å². The number of hydrogen-bond acceptors (Lipinski definition) is 6. The first kappa shape index (κ1) is 40.9. The fraction of sp³-hybridized carbons (Fsp3) is 0.467. The quantitative estimate of drug-likeness (QED) is 0.0582. The van der Waals surface area contributed by atoms with Crippen molar-refractivity contribution in [2.75, 3.05) is 13.2 Å². The molecular weight excluding hydrogens is 693 g/mol. The Morgan fingerprint density at radius 2 is 0.774 bits per heavy atom. The summed E-state index contributed by atoms with van der Waals surface area (Å²) in [6.45, 7) is 22.2. The molecule has 0 fully saturated rings. The summed E-state index contributed by atoms with van der Waals surface area (Å²) in [5, 5.41) is 0. The summed E-state index contributed by atoms with van der Waals surface area (Å²) >= 11 is 0. The second-order valence-electron chi connectivity index (χ2n) is 15.7. The number of ether oxygens (including phenoxy) is 2. The average Bonchev–Trinajstić information content (AvgIpc) is 3.39. The summed E-state index contributed by atoms with van der Waals surface area (Å²) in [5.74, 6) is 1.73. The van der Waals surface area contributed by atoms with Gasteiger partial charge < -0.3 is 27.2 Å². The molecule has 0 bridgehead atoms. The first-order valence-corrected chi connectivity index (χ1v) is 24.7. The van der Waals surface area contributed by atoms with Crippen molar-refractivity contribution in [3.63, 3.8) is 0 Å². The fourth-order valence-corrected chi connectivity index (χ4v) is 14.2. The molecule has 0 aromatic heterocycles. The highest BCUT2D eigenvalue weighted by Crippen LogP contribution is 2.56. The molecule has 1 aliphatic carbocycles. The highest BCUT2D eigenvalue weighted by Gasteiger charge is 2.46. The van der Waals surface area contributed by atoms with Crippen LogP contribution in [0.3, 0.4) is 0 Å². The second-order valence-corrected chi connectivity index (χ2v) is 22.2. The van der Waals surface area contributed by atoms with Gasteiger partial charge in [0.05, 0.1) is 18.6 Å². The van der Waals surface area contributed by atoms with E-state index < -0.39 is 22.5 Å². The molecule has 4 aromatic rings. The Bertz CT molecular complexity index is 1590. The zero-order valence-corrected chi connectivity index (χ0v) is 35.7. The molecule has 4 aromatic carbocycles. The Hall–Kier alpha value is -3.25. The minimum absolute atomic E-state index is 0.142. The van der Waals surface area contributed by atoms with Crippen molar-refractivity contribution < 1.29 is 27.2 Å². The van der Waals surface area contributed by atoms with Crippen LogP contribution in [0.5, 0.6) is 11.5 Å². The molecule has 0 spiro atoms. The van der Waals surface area contributed by atoms with Gasteiger partial charge in [-0.3, -0.25) is 0 Å². The molecule has 0 unspecified atom stereocenters. The number of hydrogen-bond donors (Lipinski definition) is 0. The Morgan fingerprint density at radius 3 is 1.09 bits per heavy atom. The van der Waals surface area contributed by atoms with Gasteiger partial charge in [-0.25, -0.2) is 0 Å². The van der Waals surface area contributed by atoms with Gasteiger partial charge in [0, 0.05) is 24.4 Å². The van der Waals surface area contributed by atoms with Gasteiger partial charge in [0.2, 0.25) is 0 Å². The van der Waals surface area contributed by atoms with E-state index in [2.05, 4.69) is 166 Å². The van der Waals surface area contributed by atoms with Crippen molar-refractivity contribution in [3.05, 3.63) is 119 Å². The highest BCUT2D eigenvalue weighted by atomic mass is 28.4. The van der Waals surface area contributed by atoms with Gasteiger partial charge in [-0.1, -0.05) is 72.8 Å². The van der Waals surface area contributed by atoms with E-state index in [9.17, 15) is 0 Å². The van der Waals surface area contributed by atoms with Crippen LogP contribution in [0.1, 0.15) is 90.5 Å². The molecule has 53 heavy (non-hydrogen) atoms. The SMILES string of the molecule is CC(C)O[Si](C)(CCCOc1ccc(C2(c3ccc(OCCC[Si](C)(OC(C)C)OC(C)C)cc3)c3ccccc3-c3ccccc32)cc1)OC(C)C. The second kappa shape index (κ2) is 17.9. The van der Waals surface area contributed by atoms with Gasteiger partial charge in [-0.2, -0.15) is 0 Å². The van der Waals surface area contributed by atoms with E-state index in [0.717, 1.165) is 36.4 Å². The molecule has 0 atom stereocenters. The van der Waals surface area contributed by atoms with Gasteiger partial charge in [0.15, 0.2) is 0 Å². The van der Waals surface area contributed by atoms with Crippen LogP contribution in [0.4, 0.5) is 0 Å². The van der Waals surface area contributed by atoms with E-state index >= 15 is 0 Å². The Kier molecular flexibility index (Phi) is 13.8. The van der Waals surface area contributed by atoms with Crippen LogP contribution >= 0.6 is 0 Å². The Balaban J connectivity index is 1.36. The zero-order valence-electron chi connectivity index (χ0n) is 33.7. The molecule has 0 aliphatic heterocycles. The average molecular weight is 755 g/mol. The lowest BCUT2D eigenvalue weighted by atomic mass is 9.68. The normalized spacial score (nSPS) is 13.9. The van der Waals surface area contributed by atoms with E-state index in [1.807, 2.05) is 0 Å². The van der Waals surface area contributed by atoms with Crippen LogP contribution in [0.15, 0.2) is 97.1 Å². The van der Waals surface area contributed by atoms with Gasteiger partial charge in [-0.15, -0.1) is 0 Å². The summed E-state index contributed by atoms with van der Waals surface area (Å²) in [5.41, 5.74) is 7.00. The van der Waals surface area contributed by atoms with Crippen molar-refractivity contribution in [1.29, 1.82) is 0 Å². The van der Waals surface area contributed by atoms with Crippen LogP contribution in [0.25, 0.3) is 11.1 Å². The predicted octanol–water partition coefficient (Wildman–Crippen LogP) is 11.4. The highest BCUT2D eigenvalue weighted by molar-refractivity contribution is 6.66. The van der Waals surface area contributed by atoms with Crippen LogP contribution in [-0.4, -0.2) is 54.8 Å². The number of benzene rings is 4. The third-order valence-electron chi connectivity index (χ3n) is 9.55. The Morgan fingerprint density at radius 1 is 0.453 bits per heavy atom. The molecular formula is C45H62O6Si2. The molecule has 0 saturated heterocycles. The summed E-state index contributed by atoms with van der Waals surface area (Å²) in [7, 11) is -4.57. The monoisotopic (exact) mass is 754 g/mol. The molecule has 0 radical (unpaired) electrons. The van der Waals surface area contributed by atoms with Crippen LogP contribution in [0, 0.1) is 0 Å². The first-order chi connectivity index (χ1) is 25.2. The van der Waals surface area contributed by atoms with E-state index in [0.29, 0.717) is 13.2 Å². The molecule has 6 nitrogen and oxygen atoms in total. The maximum atomic E-state index is 6.31. The summed E-state index contributed by atoms with van der Waals surface area (Å²) in [4.78, 5) is 0. The van der Waals surface area contributed by atoms with Crippen LogP contribution < -0.4 is 9.47 Å². The maximum Gasteiger partial charge on any atom is 0.335 e. The Labute approximate surface area is 321 Å². The molecule has 0 heterocycles. The first-order valence-electron chi connectivity index (χ1n) is 19.6. The topological polar surface area (TPSA) is 55.4 Å². The summed E-state index contributed by atoms with van der Waals surface area (Å²) < 4.78 is 37.8. The predicted molar refractivity (Wildman–Crippen MR) is 222 cm³/mol. The standard InChI is InChI=1S/C45H62O6Si2/c1-33(2)48-52(9,49-34(3)4)31-15-29-46-39-25-21-37(22-26-39)45(43-19-13-11-17-41(43)42-18-12-14-20-44(42)45)38-23-27-40(28-24-38)47-30-16-32-53(10,50-35(5)6)51-36(7)8/h11-14,17-28,33-36H,15-16,29-32H2,1-10H3. The smallest absolute Gasteiger partial charge is 0.335 e. The molecule has 0 amide bonds. The lowest BCUT2D eigenvalue weighted by Gasteiger charge is -2.34. The molecule has 5 rings (SSSR count). The van der Waals surface area contributed by atoms with Crippen molar-refractivity contribution in [2.45, 2.75) is 123 Å². The van der Waals surface area contributed by atoms with Gasteiger partial charge in [0.25, 0.3) is 0 Å². The van der Waals surface area contributed by atoms with E-state index in [1.54, 1.807) is 0 Å². The van der Waals surface area contributed by atoms with E-state index in [-0.39, 0.29) is 24.4 Å². The lowest BCUT2D eigenvalue weighted by molar-refractivity contribution is 0.107. The largest absolute Gasteiger partial charge is 0.494 e. The molecule has 286 valence electrons. The lowest BCUT2D eigenvalue weighted by Crippen LogP contribution is -2.43. The zero-order chi connectivity index (χ0) is 38.2. The van der Waals surface area contributed by atoms with Crippen molar-refractivity contribution >= 4 is 17.1 Å². The van der Waals surface area contributed by atoms with Crippen molar-refractivity contribution in [3.8, 4) is 22.6 Å². The minimum Gasteiger partial charge on any atom is -0.494 e. The van der Waals surface area contributed by atoms with Crippen LogP contribution in [0.2, 0.25) is 25.2 Å². The number of fused-ring (bicyclic) bond motifs is 3. The van der Waals surface area contributed by atoms with Crippen molar-refractivity contribution in [1.82, 2.24) is 0 Å². The van der Waals surface area contributed by atoms with Gasteiger partial charge in [-0.05, 0) is 151 Å². The van der Waals surface area contributed by atoms with Gasteiger partial charge in [0.1, 0.15) is 11.5 Å². The van der Waals surface area contributed by atoms with Gasteiger partial charge >= 0.3 is 17.1 Å². The molecule has 1 aliphatic rings. The third-order valence-corrected chi connectivity index (χ3v) is 16.0. The van der Waals surface area contributed by atoms with E-state index in [4.69, 9.17) is 27.2 Å². The van der Waals surface area contributed by atoms with E-state index in [1.165, 1.54) is 33.4 Å². The summed E-state index contributed by atoms with van der Waals surface area (Å²) in [6, 6.07) is 36.8. The molecule has 0 saturated carbocycles. The fourth-order valence-electron chi connectivity index (χ4n) is 8.08. The minimum atomic E-state index is -2.29. The summed E-state index contributed by atoms with van der Waals surface area (Å²) in [6.07, 6.45) is 2.32.